The summed E-state index contributed by atoms with van der Waals surface area (Å²) in [6.45, 7) is 0. The Bertz CT molecular complexity index is 447. The van der Waals surface area contributed by atoms with Gasteiger partial charge in [-0.15, -0.1) is 0 Å². The molecule has 3 nitrogen and oxygen atoms in total. The summed E-state index contributed by atoms with van der Waals surface area (Å²) < 4.78 is 61.2. The fourth-order valence-corrected chi connectivity index (χ4v) is 1.52. The summed E-state index contributed by atoms with van der Waals surface area (Å²) in [4.78, 5) is 0.131. The van der Waals surface area contributed by atoms with E-state index >= 15 is 0 Å². The van der Waals surface area contributed by atoms with E-state index in [1.165, 1.54) is 0 Å². The van der Waals surface area contributed by atoms with Gasteiger partial charge in [0.2, 0.25) is 0 Å². The minimum atomic E-state index is -9.68. The van der Waals surface area contributed by atoms with E-state index in [2.05, 4.69) is 10.0 Å². The van der Waals surface area contributed by atoms with Crippen molar-refractivity contribution in [2.45, 2.75) is 4.90 Å². The van der Waals surface area contributed by atoms with E-state index in [0.29, 0.717) is 0 Å². The van der Waals surface area contributed by atoms with Gasteiger partial charge in [-0.25, -0.2) is 0 Å². The molecule has 1 aromatic rings. The number of azide groups is 1. The zero-order chi connectivity index (χ0) is 11.8. The quantitative estimate of drug-likeness (QED) is 0.294. The molecule has 0 aliphatic carbocycles. The molecule has 15 heavy (non-hydrogen) atoms. The second kappa shape index (κ2) is 2.56. The molecule has 0 spiro atoms. The topological polar surface area (TPSA) is 48.8 Å². The van der Waals surface area contributed by atoms with E-state index in [1.807, 2.05) is 0 Å². The van der Waals surface area contributed by atoms with Crippen LogP contribution in [0.4, 0.5) is 25.1 Å². The number of hydrogen-bond donors (Lipinski definition) is 0. The second-order valence-electron chi connectivity index (χ2n) is 2.66. The van der Waals surface area contributed by atoms with Crippen molar-refractivity contribution in [3.63, 3.8) is 0 Å². The lowest BCUT2D eigenvalue weighted by Crippen LogP contribution is -2.05. The summed E-state index contributed by atoms with van der Waals surface area (Å²) in [5, 5.41) is 2.81. The maximum atomic E-state index is 12.2. The highest BCUT2D eigenvalue weighted by Crippen LogP contribution is 3.02. The summed E-state index contributed by atoms with van der Waals surface area (Å²) >= 11 is 0. The van der Waals surface area contributed by atoms with Crippen LogP contribution in [0.2, 0.25) is 0 Å². The van der Waals surface area contributed by atoms with Crippen LogP contribution in [-0.4, -0.2) is 0 Å². The van der Waals surface area contributed by atoms with Crippen LogP contribution in [0.3, 0.4) is 0 Å². The lowest BCUT2D eigenvalue weighted by atomic mass is 10.3. The van der Waals surface area contributed by atoms with Crippen molar-refractivity contribution in [2.24, 2.45) is 5.11 Å². The van der Waals surface area contributed by atoms with Gasteiger partial charge in [0.25, 0.3) is 0 Å². The third-order valence-electron chi connectivity index (χ3n) is 1.42. The van der Waals surface area contributed by atoms with Crippen LogP contribution in [0.1, 0.15) is 0 Å². The number of rotatable bonds is 2. The largest absolute Gasteiger partial charge is 0.310 e. The van der Waals surface area contributed by atoms with Crippen molar-refractivity contribution in [1.29, 1.82) is 0 Å². The van der Waals surface area contributed by atoms with E-state index in [9.17, 15) is 19.4 Å². The highest BCUT2D eigenvalue weighted by Gasteiger charge is 2.65. The zero-order valence-corrected chi connectivity index (χ0v) is 7.77. The van der Waals surface area contributed by atoms with E-state index in [0.717, 1.165) is 12.1 Å². The molecule has 0 bridgehead atoms. The molecule has 1 rings (SSSR count). The third-order valence-corrected chi connectivity index (χ3v) is 2.57. The summed E-state index contributed by atoms with van der Waals surface area (Å²) in [6.07, 6.45) is 0. The molecular weight excluding hydrogens is 241 g/mol. The van der Waals surface area contributed by atoms with Gasteiger partial charge in [-0.1, -0.05) is 36.7 Å². The zero-order valence-electron chi connectivity index (χ0n) is 6.95. The van der Waals surface area contributed by atoms with Crippen LogP contribution < -0.4 is 0 Å². The molecule has 0 saturated heterocycles. The lowest BCUT2D eigenvalue weighted by Gasteiger charge is -2.40. The van der Waals surface area contributed by atoms with Crippen molar-refractivity contribution in [3.8, 4) is 0 Å². The molecule has 0 amide bonds. The van der Waals surface area contributed by atoms with Crippen LogP contribution in [0.15, 0.2) is 34.3 Å². The Morgan fingerprint density at radius 2 is 1.73 bits per heavy atom. The lowest BCUT2D eigenvalue weighted by molar-refractivity contribution is 0.364. The first-order valence-corrected chi connectivity index (χ1v) is 5.37. The molecule has 0 fully saturated rings. The van der Waals surface area contributed by atoms with E-state index in [-0.39, 0.29) is 12.1 Å². The van der Waals surface area contributed by atoms with Crippen LogP contribution >= 0.6 is 10.2 Å². The van der Waals surface area contributed by atoms with Crippen LogP contribution in [0.25, 0.3) is 10.4 Å². The summed E-state index contributed by atoms with van der Waals surface area (Å²) in [5.74, 6) is 0. The molecule has 0 aliphatic rings. The molecule has 0 atom stereocenters. The van der Waals surface area contributed by atoms with Gasteiger partial charge >= 0.3 is 10.2 Å². The standard InChI is InChI=1S/C6H4F5N3S/c7-15(8,9,10,11)6-3-1-2-5(4-6)13-14-12/h1-4H. The Kier molecular flexibility index (Phi) is 1.98. The number of benzene rings is 1. The smallest absolute Gasteiger partial charge is 0.0936 e. The molecule has 0 heterocycles. The van der Waals surface area contributed by atoms with E-state index in [1.54, 1.807) is 0 Å². The summed E-state index contributed by atoms with van der Waals surface area (Å²) in [5.41, 5.74) is 7.43. The van der Waals surface area contributed by atoms with Crippen molar-refractivity contribution in [2.75, 3.05) is 0 Å². The van der Waals surface area contributed by atoms with Gasteiger partial charge in [0.1, 0.15) is 4.90 Å². The van der Waals surface area contributed by atoms with Gasteiger partial charge in [0.05, 0.1) is 0 Å². The van der Waals surface area contributed by atoms with Crippen molar-refractivity contribution >= 4 is 15.9 Å². The molecule has 1 aromatic carbocycles. The average molecular weight is 245 g/mol. The number of hydrogen-bond acceptors (Lipinski definition) is 1. The molecule has 0 N–H and O–H groups in total. The molecule has 0 aromatic heterocycles. The fourth-order valence-electron chi connectivity index (χ4n) is 0.837. The van der Waals surface area contributed by atoms with Crippen molar-refractivity contribution < 1.29 is 19.4 Å². The normalized spacial score (nSPS) is 16.1. The van der Waals surface area contributed by atoms with E-state index < -0.39 is 20.8 Å². The summed E-state index contributed by atoms with van der Waals surface area (Å²) in [6, 6.07) is 2.09. The molecule has 84 valence electrons. The van der Waals surface area contributed by atoms with Gasteiger partial charge < -0.3 is 0 Å². The minimum absolute atomic E-state index is 0.112. The molecule has 0 saturated carbocycles. The van der Waals surface area contributed by atoms with Gasteiger partial charge in [-0.2, -0.15) is 0 Å². The molecule has 0 radical (unpaired) electrons. The third kappa shape index (κ3) is 3.00. The average Bonchev–Trinajstić information content (AvgIpc) is 2.01. The molecular formula is C6H4F5N3S. The summed E-state index contributed by atoms with van der Waals surface area (Å²) in [7, 11) is -9.68. The predicted molar refractivity (Wildman–Crippen MR) is 46.6 cm³/mol. The Hall–Kier alpha value is -1.47. The molecule has 9 heteroatoms. The number of halogens is 5. The molecule has 0 unspecified atom stereocenters. The SMILES string of the molecule is [N-]=[N+]=Nc1cccc(S(F)(F)(F)(F)F)c1. The highest BCUT2D eigenvalue weighted by atomic mass is 32.5. The van der Waals surface area contributed by atoms with E-state index in [4.69, 9.17) is 5.53 Å². The first-order valence-electron chi connectivity index (χ1n) is 3.42. The van der Waals surface area contributed by atoms with Gasteiger partial charge in [-0.3, -0.25) is 0 Å². The molecule has 0 aliphatic heterocycles. The monoisotopic (exact) mass is 245 g/mol. The fraction of sp³-hybridized carbons (Fsp3) is 0. The number of nitrogens with zero attached hydrogens (tertiary/aromatic N) is 3. The maximum absolute atomic E-state index is 12.2. The van der Waals surface area contributed by atoms with Gasteiger partial charge in [-0.05, 0) is 17.7 Å². The van der Waals surface area contributed by atoms with Gasteiger partial charge in [0, 0.05) is 10.6 Å². The van der Waals surface area contributed by atoms with Gasteiger partial charge in [0.15, 0.2) is 0 Å². The van der Waals surface area contributed by atoms with Crippen molar-refractivity contribution in [3.05, 3.63) is 34.7 Å². The Labute approximate surface area is 80.9 Å². The Morgan fingerprint density at radius 1 is 1.13 bits per heavy atom. The Morgan fingerprint density at radius 3 is 2.20 bits per heavy atom. The second-order valence-corrected chi connectivity index (χ2v) is 5.07. The van der Waals surface area contributed by atoms with Crippen molar-refractivity contribution in [1.82, 2.24) is 0 Å². The van der Waals surface area contributed by atoms with Crippen LogP contribution in [0, 0.1) is 0 Å². The first-order chi connectivity index (χ1) is 6.53. The highest BCUT2D eigenvalue weighted by molar-refractivity contribution is 8.45. The first kappa shape index (κ1) is 11.6. The maximum Gasteiger partial charge on any atom is 0.310 e. The van der Waals surface area contributed by atoms with Crippen LogP contribution in [-0.2, 0) is 0 Å². The van der Waals surface area contributed by atoms with Crippen LogP contribution in [0.5, 0.6) is 0 Å². The predicted octanol–water partition coefficient (Wildman–Crippen LogP) is 5.29. The minimum Gasteiger partial charge on any atom is -0.0936 e. The Balaban J connectivity index is 3.42.